The van der Waals surface area contributed by atoms with Crippen molar-refractivity contribution in [3.8, 4) is 0 Å². The van der Waals surface area contributed by atoms with Crippen LogP contribution in [0.25, 0.3) is 0 Å². The molecule has 1 fully saturated rings. The van der Waals surface area contributed by atoms with Gasteiger partial charge in [-0.3, -0.25) is 0 Å². The third kappa shape index (κ3) is 1.16. The van der Waals surface area contributed by atoms with Gasteiger partial charge in [0.15, 0.2) is 0 Å². The Balaban J connectivity index is 2.28. The molecule has 1 nitrogen and oxygen atoms in total. The maximum Gasteiger partial charge on any atom is 0.00911 e. The molecule has 0 bridgehead atoms. The molecule has 0 radical (unpaired) electrons. The molecule has 11 heavy (non-hydrogen) atoms. The molecule has 0 aliphatic carbocycles. The van der Waals surface area contributed by atoms with Crippen molar-refractivity contribution < 1.29 is 0 Å². The Kier molecular flexibility index (Phi) is 1.66. The summed E-state index contributed by atoms with van der Waals surface area (Å²) in [6.45, 7) is 4.50. The highest BCUT2D eigenvalue weighted by molar-refractivity contribution is 5.31. The molecule has 1 aliphatic rings. The van der Waals surface area contributed by atoms with E-state index in [4.69, 9.17) is 0 Å². The lowest BCUT2D eigenvalue weighted by Gasteiger charge is -2.28. The van der Waals surface area contributed by atoms with Crippen molar-refractivity contribution in [1.82, 2.24) is 5.32 Å². The van der Waals surface area contributed by atoms with Crippen LogP contribution in [-0.4, -0.2) is 13.1 Å². The van der Waals surface area contributed by atoms with Gasteiger partial charge in [0.2, 0.25) is 0 Å². The van der Waals surface area contributed by atoms with Crippen LogP contribution in [0.3, 0.4) is 0 Å². The van der Waals surface area contributed by atoms with Gasteiger partial charge < -0.3 is 5.32 Å². The first-order chi connectivity index (χ1) is 5.38. The van der Waals surface area contributed by atoms with Crippen molar-refractivity contribution in [2.75, 3.05) is 13.1 Å². The van der Waals surface area contributed by atoms with E-state index in [-0.39, 0.29) is 0 Å². The molecule has 58 valence electrons. The van der Waals surface area contributed by atoms with Gasteiger partial charge in [-0.25, -0.2) is 0 Å². The molecule has 0 amide bonds. The van der Waals surface area contributed by atoms with Gasteiger partial charge in [0, 0.05) is 19.0 Å². The number of rotatable bonds is 1. The van der Waals surface area contributed by atoms with Crippen LogP contribution in [0.2, 0.25) is 0 Å². The smallest absolute Gasteiger partial charge is 0.00911 e. The largest absolute Gasteiger partial charge is 0.315 e. The zero-order valence-electron chi connectivity index (χ0n) is 6.80. The summed E-state index contributed by atoms with van der Waals surface area (Å²) in [5, 5.41) is 3.29. The third-order valence-corrected chi connectivity index (χ3v) is 2.41. The summed E-state index contributed by atoms with van der Waals surface area (Å²) >= 11 is 0. The maximum absolute atomic E-state index is 3.29. The summed E-state index contributed by atoms with van der Waals surface area (Å²) in [5.74, 6) is 0.774. The standard InChI is InChI=1S/C10H13N/c1-8-4-2-3-5-10(8)9-6-11-7-9/h2-5,9,11H,6-7H2,1H3. The van der Waals surface area contributed by atoms with Gasteiger partial charge in [-0.1, -0.05) is 24.3 Å². The zero-order valence-corrected chi connectivity index (χ0v) is 6.80. The van der Waals surface area contributed by atoms with Crippen molar-refractivity contribution in [2.45, 2.75) is 12.8 Å². The minimum atomic E-state index is 0.774. The monoisotopic (exact) mass is 147 g/mol. The van der Waals surface area contributed by atoms with Crippen molar-refractivity contribution in [1.29, 1.82) is 0 Å². The minimum Gasteiger partial charge on any atom is -0.315 e. The van der Waals surface area contributed by atoms with Gasteiger partial charge in [0.05, 0.1) is 0 Å². The molecular weight excluding hydrogens is 134 g/mol. The highest BCUT2D eigenvalue weighted by Crippen LogP contribution is 2.22. The summed E-state index contributed by atoms with van der Waals surface area (Å²) in [6, 6.07) is 8.65. The molecule has 1 aromatic rings. The minimum absolute atomic E-state index is 0.774. The van der Waals surface area contributed by atoms with Gasteiger partial charge in [0.25, 0.3) is 0 Å². The zero-order chi connectivity index (χ0) is 7.68. The SMILES string of the molecule is Cc1ccccc1C1CNC1. The van der Waals surface area contributed by atoms with Crippen LogP contribution < -0.4 is 5.32 Å². The summed E-state index contributed by atoms with van der Waals surface area (Å²) in [4.78, 5) is 0. The second kappa shape index (κ2) is 2.67. The van der Waals surface area contributed by atoms with Crippen LogP contribution in [0.5, 0.6) is 0 Å². The van der Waals surface area contributed by atoms with E-state index in [1.54, 1.807) is 0 Å². The summed E-state index contributed by atoms with van der Waals surface area (Å²) in [7, 11) is 0. The highest BCUT2D eigenvalue weighted by Gasteiger charge is 2.19. The number of benzene rings is 1. The van der Waals surface area contributed by atoms with E-state index >= 15 is 0 Å². The van der Waals surface area contributed by atoms with Gasteiger partial charge >= 0.3 is 0 Å². The topological polar surface area (TPSA) is 12.0 Å². The average molecular weight is 147 g/mol. The van der Waals surface area contributed by atoms with Crippen molar-refractivity contribution in [3.05, 3.63) is 35.4 Å². The van der Waals surface area contributed by atoms with E-state index in [1.807, 2.05) is 0 Å². The Hall–Kier alpha value is -0.820. The molecule has 0 aromatic heterocycles. The number of nitrogens with one attached hydrogen (secondary N) is 1. The first kappa shape index (κ1) is 6.86. The third-order valence-electron chi connectivity index (χ3n) is 2.41. The van der Waals surface area contributed by atoms with E-state index in [9.17, 15) is 0 Å². The highest BCUT2D eigenvalue weighted by atomic mass is 14.9. The first-order valence-electron chi connectivity index (χ1n) is 4.14. The lowest BCUT2D eigenvalue weighted by Crippen LogP contribution is -2.40. The van der Waals surface area contributed by atoms with Crippen molar-refractivity contribution in [2.24, 2.45) is 0 Å². The van der Waals surface area contributed by atoms with E-state index in [0.29, 0.717) is 0 Å². The Bertz CT molecular complexity index is 251. The van der Waals surface area contributed by atoms with E-state index in [2.05, 4.69) is 36.5 Å². The van der Waals surface area contributed by atoms with Gasteiger partial charge in [-0.15, -0.1) is 0 Å². The quantitative estimate of drug-likeness (QED) is 0.637. The Labute approximate surface area is 67.4 Å². The normalized spacial score (nSPS) is 17.9. The van der Waals surface area contributed by atoms with Crippen LogP contribution >= 0.6 is 0 Å². The molecule has 0 spiro atoms. The van der Waals surface area contributed by atoms with Gasteiger partial charge in [-0.2, -0.15) is 0 Å². The molecular formula is C10H13N. The van der Waals surface area contributed by atoms with Crippen LogP contribution in [0.4, 0.5) is 0 Å². The fourth-order valence-corrected chi connectivity index (χ4v) is 1.55. The molecule has 0 atom stereocenters. The fourth-order valence-electron chi connectivity index (χ4n) is 1.55. The Morgan fingerprint density at radius 2 is 2.00 bits per heavy atom. The second-order valence-corrected chi connectivity index (χ2v) is 3.21. The molecule has 1 aromatic carbocycles. The molecule has 1 N–H and O–H groups in total. The summed E-state index contributed by atoms with van der Waals surface area (Å²) in [5.41, 5.74) is 2.95. The van der Waals surface area contributed by atoms with Crippen LogP contribution in [0.1, 0.15) is 17.0 Å². The van der Waals surface area contributed by atoms with E-state index in [0.717, 1.165) is 19.0 Å². The summed E-state index contributed by atoms with van der Waals surface area (Å²) in [6.07, 6.45) is 0. The van der Waals surface area contributed by atoms with Gasteiger partial charge in [-0.05, 0) is 18.1 Å². The Morgan fingerprint density at radius 1 is 1.27 bits per heavy atom. The molecule has 0 unspecified atom stereocenters. The van der Waals surface area contributed by atoms with E-state index < -0.39 is 0 Å². The molecule has 1 saturated heterocycles. The van der Waals surface area contributed by atoms with Crippen molar-refractivity contribution >= 4 is 0 Å². The number of aryl methyl sites for hydroxylation is 1. The first-order valence-corrected chi connectivity index (χ1v) is 4.14. The maximum atomic E-state index is 3.29. The average Bonchev–Trinajstić information content (AvgIpc) is 1.90. The molecule has 0 saturated carbocycles. The molecule has 2 rings (SSSR count). The van der Waals surface area contributed by atoms with Crippen LogP contribution in [-0.2, 0) is 0 Å². The van der Waals surface area contributed by atoms with Crippen molar-refractivity contribution in [3.63, 3.8) is 0 Å². The molecule has 1 heteroatoms. The summed E-state index contributed by atoms with van der Waals surface area (Å²) < 4.78 is 0. The predicted octanol–water partition coefficient (Wildman–Crippen LogP) is 1.68. The lowest BCUT2D eigenvalue weighted by atomic mass is 9.90. The molecule has 1 aliphatic heterocycles. The number of hydrogen-bond acceptors (Lipinski definition) is 1. The number of hydrogen-bond donors (Lipinski definition) is 1. The van der Waals surface area contributed by atoms with Gasteiger partial charge in [0.1, 0.15) is 0 Å². The molecule has 1 heterocycles. The predicted molar refractivity (Wildman–Crippen MR) is 46.8 cm³/mol. The second-order valence-electron chi connectivity index (χ2n) is 3.21. The lowest BCUT2D eigenvalue weighted by molar-refractivity contribution is 0.447. The van der Waals surface area contributed by atoms with Crippen LogP contribution in [0, 0.1) is 6.92 Å². The van der Waals surface area contributed by atoms with E-state index in [1.165, 1.54) is 11.1 Å². The Morgan fingerprint density at radius 3 is 2.55 bits per heavy atom. The fraction of sp³-hybridized carbons (Fsp3) is 0.400. The van der Waals surface area contributed by atoms with Crippen LogP contribution in [0.15, 0.2) is 24.3 Å².